The molecular formula is C15H23NO3S. The van der Waals surface area contributed by atoms with Crippen LogP contribution in [0.4, 0.5) is 0 Å². The first kappa shape index (κ1) is 16.9. The second-order valence-corrected chi connectivity index (χ2v) is 5.29. The van der Waals surface area contributed by atoms with Crippen LogP contribution in [-0.4, -0.2) is 48.0 Å². The van der Waals surface area contributed by atoms with E-state index in [4.69, 9.17) is 9.84 Å². The van der Waals surface area contributed by atoms with Gasteiger partial charge in [-0.1, -0.05) is 0 Å². The van der Waals surface area contributed by atoms with E-state index in [1.807, 2.05) is 38.1 Å². The summed E-state index contributed by atoms with van der Waals surface area (Å²) in [6, 6.07) is 7.76. The average molecular weight is 297 g/mol. The van der Waals surface area contributed by atoms with Crippen molar-refractivity contribution >= 4 is 17.7 Å². The first-order valence-corrected chi connectivity index (χ1v) is 7.94. The largest absolute Gasteiger partial charge is 0.494 e. The zero-order chi connectivity index (χ0) is 14.8. The van der Waals surface area contributed by atoms with Crippen molar-refractivity contribution < 1.29 is 14.6 Å². The summed E-state index contributed by atoms with van der Waals surface area (Å²) in [4.78, 5) is 14.9. The molecular weight excluding hydrogens is 274 g/mol. The topological polar surface area (TPSA) is 49.8 Å². The Morgan fingerprint density at radius 3 is 2.55 bits per heavy atom. The molecule has 0 aromatic heterocycles. The van der Waals surface area contributed by atoms with Crippen LogP contribution in [0.2, 0.25) is 0 Å². The van der Waals surface area contributed by atoms with Crippen molar-refractivity contribution in [3.8, 4) is 5.75 Å². The van der Waals surface area contributed by atoms with Gasteiger partial charge in [-0.25, -0.2) is 0 Å². The number of ether oxygens (including phenoxy) is 1. The smallest absolute Gasteiger partial charge is 0.232 e. The molecule has 1 rings (SSSR count). The number of aliphatic hydroxyl groups is 1. The van der Waals surface area contributed by atoms with E-state index in [1.165, 1.54) is 11.8 Å². The van der Waals surface area contributed by atoms with Gasteiger partial charge >= 0.3 is 0 Å². The molecule has 112 valence electrons. The zero-order valence-corrected chi connectivity index (χ0v) is 13.0. The summed E-state index contributed by atoms with van der Waals surface area (Å²) in [5.41, 5.74) is 0. The highest BCUT2D eigenvalue weighted by molar-refractivity contribution is 8.00. The summed E-state index contributed by atoms with van der Waals surface area (Å²) >= 11 is 1.52. The zero-order valence-electron chi connectivity index (χ0n) is 12.2. The Labute approximate surface area is 125 Å². The maximum absolute atomic E-state index is 12.0. The number of benzene rings is 1. The van der Waals surface area contributed by atoms with Crippen molar-refractivity contribution in [3.63, 3.8) is 0 Å². The second kappa shape index (κ2) is 9.66. The van der Waals surface area contributed by atoms with Crippen LogP contribution in [0.15, 0.2) is 29.2 Å². The minimum Gasteiger partial charge on any atom is -0.494 e. The Morgan fingerprint density at radius 2 is 2.00 bits per heavy atom. The third kappa shape index (κ3) is 5.84. The first-order valence-electron chi connectivity index (χ1n) is 6.95. The Hall–Kier alpha value is -1.20. The van der Waals surface area contributed by atoms with Gasteiger partial charge in [0.2, 0.25) is 5.91 Å². The lowest BCUT2D eigenvalue weighted by Crippen LogP contribution is -2.33. The van der Waals surface area contributed by atoms with Crippen LogP contribution in [-0.2, 0) is 4.79 Å². The standard InChI is InChI=1S/C15H23NO3S/c1-3-16(10-5-11-17)15(18)12-20-14-8-6-13(7-9-14)19-4-2/h6-9,17H,3-5,10-12H2,1-2H3. The van der Waals surface area contributed by atoms with Gasteiger partial charge in [0.1, 0.15) is 5.75 Å². The van der Waals surface area contributed by atoms with Gasteiger partial charge in [-0.15, -0.1) is 11.8 Å². The van der Waals surface area contributed by atoms with Crippen LogP contribution in [0.5, 0.6) is 5.75 Å². The van der Waals surface area contributed by atoms with E-state index in [9.17, 15) is 4.79 Å². The monoisotopic (exact) mass is 297 g/mol. The third-order valence-electron chi connectivity index (χ3n) is 2.82. The van der Waals surface area contributed by atoms with Crippen molar-refractivity contribution in [1.82, 2.24) is 4.90 Å². The molecule has 1 amide bonds. The van der Waals surface area contributed by atoms with E-state index >= 15 is 0 Å². The highest BCUT2D eigenvalue weighted by Gasteiger charge is 2.11. The molecule has 1 N–H and O–H groups in total. The van der Waals surface area contributed by atoms with Crippen molar-refractivity contribution in [2.75, 3.05) is 32.1 Å². The average Bonchev–Trinajstić information content (AvgIpc) is 2.47. The molecule has 0 saturated heterocycles. The van der Waals surface area contributed by atoms with E-state index in [-0.39, 0.29) is 12.5 Å². The second-order valence-electron chi connectivity index (χ2n) is 4.24. The summed E-state index contributed by atoms with van der Waals surface area (Å²) in [5.74, 6) is 1.38. The molecule has 20 heavy (non-hydrogen) atoms. The van der Waals surface area contributed by atoms with Crippen LogP contribution < -0.4 is 4.74 Å². The summed E-state index contributed by atoms with van der Waals surface area (Å²) in [6.45, 7) is 5.99. The van der Waals surface area contributed by atoms with E-state index < -0.39 is 0 Å². The molecule has 4 nitrogen and oxygen atoms in total. The first-order chi connectivity index (χ1) is 9.71. The fraction of sp³-hybridized carbons (Fsp3) is 0.533. The molecule has 5 heteroatoms. The molecule has 0 unspecified atom stereocenters. The van der Waals surface area contributed by atoms with E-state index in [0.29, 0.717) is 31.9 Å². The number of aliphatic hydroxyl groups excluding tert-OH is 1. The van der Waals surface area contributed by atoms with Gasteiger partial charge in [0, 0.05) is 24.6 Å². The number of hydrogen-bond donors (Lipinski definition) is 1. The summed E-state index contributed by atoms with van der Waals surface area (Å²) < 4.78 is 5.38. The van der Waals surface area contributed by atoms with Gasteiger partial charge in [0.25, 0.3) is 0 Å². The van der Waals surface area contributed by atoms with Crippen molar-refractivity contribution in [2.24, 2.45) is 0 Å². The molecule has 0 fully saturated rings. The van der Waals surface area contributed by atoms with Crippen molar-refractivity contribution in [1.29, 1.82) is 0 Å². The number of amides is 1. The molecule has 0 aliphatic heterocycles. The van der Waals surface area contributed by atoms with Gasteiger partial charge in [-0.3, -0.25) is 4.79 Å². The predicted octanol–water partition coefficient (Wildman–Crippen LogP) is 2.41. The maximum atomic E-state index is 12.0. The number of nitrogens with zero attached hydrogens (tertiary/aromatic N) is 1. The van der Waals surface area contributed by atoms with E-state index in [2.05, 4.69) is 0 Å². The van der Waals surface area contributed by atoms with Gasteiger partial charge in [-0.2, -0.15) is 0 Å². The van der Waals surface area contributed by atoms with Gasteiger partial charge in [0.15, 0.2) is 0 Å². The minimum atomic E-state index is 0.111. The van der Waals surface area contributed by atoms with Crippen LogP contribution in [0.1, 0.15) is 20.3 Å². The molecule has 1 aromatic carbocycles. The van der Waals surface area contributed by atoms with Gasteiger partial charge < -0.3 is 14.7 Å². The normalized spacial score (nSPS) is 10.3. The van der Waals surface area contributed by atoms with Crippen molar-refractivity contribution in [3.05, 3.63) is 24.3 Å². The lowest BCUT2D eigenvalue weighted by molar-refractivity contribution is -0.128. The van der Waals surface area contributed by atoms with Crippen LogP contribution in [0.3, 0.4) is 0 Å². The predicted molar refractivity (Wildman–Crippen MR) is 82.3 cm³/mol. The van der Waals surface area contributed by atoms with Crippen molar-refractivity contribution in [2.45, 2.75) is 25.2 Å². The lowest BCUT2D eigenvalue weighted by Gasteiger charge is -2.20. The Kier molecular flexibility index (Phi) is 8.14. The molecule has 0 atom stereocenters. The Morgan fingerprint density at radius 1 is 1.30 bits per heavy atom. The SMILES string of the molecule is CCOc1ccc(SCC(=O)N(CC)CCCO)cc1. The molecule has 0 radical (unpaired) electrons. The molecule has 0 heterocycles. The van der Waals surface area contributed by atoms with E-state index in [1.54, 1.807) is 4.90 Å². The molecule has 1 aromatic rings. The summed E-state index contributed by atoms with van der Waals surface area (Å²) in [7, 11) is 0. The number of thioether (sulfide) groups is 1. The van der Waals surface area contributed by atoms with E-state index in [0.717, 1.165) is 10.6 Å². The molecule has 0 aliphatic carbocycles. The highest BCUT2D eigenvalue weighted by Crippen LogP contribution is 2.21. The quantitative estimate of drug-likeness (QED) is 0.711. The number of hydrogen-bond acceptors (Lipinski definition) is 4. The van der Waals surface area contributed by atoms with Crippen LogP contribution in [0, 0.1) is 0 Å². The minimum absolute atomic E-state index is 0.111. The number of rotatable bonds is 9. The maximum Gasteiger partial charge on any atom is 0.232 e. The Bertz CT molecular complexity index is 395. The molecule has 0 spiro atoms. The Balaban J connectivity index is 2.42. The van der Waals surface area contributed by atoms with Crippen LogP contribution in [0.25, 0.3) is 0 Å². The fourth-order valence-corrected chi connectivity index (χ4v) is 2.56. The van der Waals surface area contributed by atoms with Gasteiger partial charge in [-0.05, 0) is 44.5 Å². The number of carbonyl (C=O) groups excluding carboxylic acids is 1. The van der Waals surface area contributed by atoms with Gasteiger partial charge in [0.05, 0.1) is 12.4 Å². The number of carbonyl (C=O) groups is 1. The fourth-order valence-electron chi connectivity index (χ4n) is 1.76. The summed E-state index contributed by atoms with van der Waals surface area (Å²) in [5, 5.41) is 8.82. The highest BCUT2D eigenvalue weighted by atomic mass is 32.2. The molecule has 0 bridgehead atoms. The third-order valence-corrected chi connectivity index (χ3v) is 3.81. The van der Waals surface area contributed by atoms with Crippen LogP contribution >= 0.6 is 11.8 Å². The summed E-state index contributed by atoms with van der Waals surface area (Å²) in [6.07, 6.45) is 0.632. The lowest BCUT2D eigenvalue weighted by atomic mass is 10.3. The molecule has 0 aliphatic rings. The molecule has 0 saturated carbocycles.